The lowest BCUT2D eigenvalue weighted by atomic mass is 9.99. The largest absolute Gasteiger partial charge is 0.365 e. The fourth-order valence-corrected chi connectivity index (χ4v) is 3.50. The number of nitrogens with zero attached hydrogens (tertiary/aromatic N) is 4. The van der Waals surface area contributed by atoms with Gasteiger partial charge in [0.2, 0.25) is 11.8 Å². The number of pyridine rings is 2. The SMILES string of the molecule is CCC(=O)Nc1ccc2nc(NCCC(=O)NC)c(=O)n(C(c3ccccn3)C(C)C)c2n1. The highest BCUT2D eigenvalue weighted by Gasteiger charge is 2.25. The average molecular weight is 452 g/mol. The van der Waals surface area contributed by atoms with Crippen LogP contribution in [0, 0.1) is 5.92 Å². The normalized spacial score (nSPS) is 11.9. The first-order valence-electron chi connectivity index (χ1n) is 10.9. The molecule has 0 aliphatic heterocycles. The number of hydrogen-bond acceptors (Lipinski definition) is 7. The van der Waals surface area contributed by atoms with Gasteiger partial charge in [0.1, 0.15) is 11.3 Å². The van der Waals surface area contributed by atoms with Crippen LogP contribution in [0.25, 0.3) is 11.2 Å². The lowest BCUT2D eigenvalue weighted by Crippen LogP contribution is -2.33. The van der Waals surface area contributed by atoms with Crippen LogP contribution in [-0.2, 0) is 9.59 Å². The van der Waals surface area contributed by atoms with Crippen molar-refractivity contribution in [3.63, 3.8) is 0 Å². The van der Waals surface area contributed by atoms with Gasteiger partial charge in [0.25, 0.3) is 5.56 Å². The third-order valence-electron chi connectivity index (χ3n) is 5.15. The highest BCUT2D eigenvalue weighted by atomic mass is 16.2. The molecule has 10 heteroatoms. The molecule has 0 radical (unpaired) electrons. The van der Waals surface area contributed by atoms with Gasteiger partial charge in [-0.15, -0.1) is 0 Å². The molecule has 3 heterocycles. The van der Waals surface area contributed by atoms with Crippen LogP contribution in [0.2, 0.25) is 0 Å². The summed E-state index contributed by atoms with van der Waals surface area (Å²) in [6, 6.07) is 8.49. The highest BCUT2D eigenvalue weighted by molar-refractivity contribution is 5.90. The van der Waals surface area contributed by atoms with Crippen molar-refractivity contribution in [3.05, 3.63) is 52.6 Å². The van der Waals surface area contributed by atoms with Gasteiger partial charge in [-0.05, 0) is 30.2 Å². The van der Waals surface area contributed by atoms with Gasteiger partial charge in [-0.25, -0.2) is 9.97 Å². The molecular formula is C23H29N7O3. The van der Waals surface area contributed by atoms with Gasteiger partial charge in [0.05, 0.1) is 11.7 Å². The Hall–Kier alpha value is -3.82. The van der Waals surface area contributed by atoms with E-state index >= 15 is 0 Å². The second-order valence-corrected chi connectivity index (χ2v) is 7.87. The van der Waals surface area contributed by atoms with Crippen LogP contribution in [0.5, 0.6) is 0 Å². The standard InChI is InChI=1S/C23H29N7O3/c1-5-18(31)28-17-10-9-16-22(29-17)30(20(14(2)3)15-8-6-7-12-25-15)23(33)21(27-16)26-13-11-19(32)24-4/h6-10,12,14,20H,5,11,13H2,1-4H3,(H,24,32)(H,26,27)(H,28,29,31). The third kappa shape index (κ3) is 5.51. The average Bonchev–Trinajstić information content (AvgIpc) is 2.81. The third-order valence-corrected chi connectivity index (χ3v) is 5.15. The van der Waals surface area contributed by atoms with Crippen molar-refractivity contribution in [1.29, 1.82) is 0 Å². The second-order valence-electron chi connectivity index (χ2n) is 7.87. The quantitative estimate of drug-likeness (QED) is 0.455. The van der Waals surface area contributed by atoms with Crippen molar-refractivity contribution in [3.8, 4) is 0 Å². The summed E-state index contributed by atoms with van der Waals surface area (Å²) in [5.41, 5.74) is 1.15. The zero-order valence-corrected chi connectivity index (χ0v) is 19.3. The van der Waals surface area contributed by atoms with Gasteiger partial charge < -0.3 is 16.0 Å². The molecule has 0 spiro atoms. The number of amides is 2. The van der Waals surface area contributed by atoms with E-state index in [-0.39, 0.29) is 42.1 Å². The Bertz CT molecular complexity index is 1190. The van der Waals surface area contributed by atoms with Crippen LogP contribution in [0.1, 0.15) is 45.3 Å². The van der Waals surface area contributed by atoms with Crippen LogP contribution in [-0.4, -0.2) is 44.9 Å². The minimum Gasteiger partial charge on any atom is -0.365 e. The monoisotopic (exact) mass is 451 g/mol. The molecule has 0 aromatic carbocycles. The summed E-state index contributed by atoms with van der Waals surface area (Å²) in [7, 11) is 1.56. The number of hydrogen-bond donors (Lipinski definition) is 3. The molecule has 10 nitrogen and oxygen atoms in total. The molecule has 0 saturated carbocycles. The molecule has 1 atom stereocenters. The molecule has 3 aromatic rings. The number of anilines is 2. The van der Waals surface area contributed by atoms with E-state index in [1.54, 1.807) is 36.9 Å². The molecule has 3 N–H and O–H groups in total. The minimum atomic E-state index is -0.423. The van der Waals surface area contributed by atoms with E-state index in [2.05, 4.69) is 30.9 Å². The summed E-state index contributed by atoms with van der Waals surface area (Å²) in [6.45, 7) is 6.00. The molecule has 3 aromatic heterocycles. The van der Waals surface area contributed by atoms with Gasteiger partial charge in [-0.2, -0.15) is 0 Å². The molecule has 33 heavy (non-hydrogen) atoms. The van der Waals surface area contributed by atoms with Gasteiger partial charge in [0, 0.05) is 32.6 Å². The summed E-state index contributed by atoms with van der Waals surface area (Å²) >= 11 is 0. The molecular weight excluding hydrogens is 422 g/mol. The van der Waals surface area contributed by atoms with Crippen molar-refractivity contribution in [2.24, 2.45) is 5.92 Å². The van der Waals surface area contributed by atoms with Crippen LogP contribution in [0.15, 0.2) is 41.3 Å². The van der Waals surface area contributed by atoms with Crippen molar-refractivity contribution in [2.75, 3.05) is 24.2 Å². The Labute approximate surface area is 191 Å². The summed E-state index contributed by atoms with van der Waals surface area (Å²) in [5.74, 6) is 0.141. The first kappa shape index (κ1) is 23.8. The molecule has 0 saturated heterocycles. The first-order valence-corrected chi connectivity index (χ1v) is 10.9. The predicted octanol–water partition coefficient (Wildman–Crippen LogP) is 2.33. The molecule has 1 unspecified atom stereocenters. The first-order chi connectivity index (χ1) is 15.8. The number of carbonyl (C=O) groups excluding carboxylic acids is 2. The Morgan fingerprint density at radius 3 is 2.52 bits per heavy atom. The summed E-state index contributed by atoms with van der Waals surface area (Å²) in [5, 5.41) is 8.28. The molecule has 174 valence electrons. The summed E-state index contributed by atoms with van der Waals surface area (Å²) in [4.78, 5) is 50.6. The minimum absolute atomic E-state index is 0.00221. The van der Waals surface area contributed by atoms with Gasteiger partial charge >= 0.3 is 0 Å². The smallest absolute Gasteiger partial charge is 0.295 e. The van der Waals surface area contributed by atoms with E-state index in [1.807, 2.05) is 32.0 Å². The van der Waals surface area contributed by atoms with Crippen LogP contribution < -0.4 is 21.5 Å². The number of aromatic nitrogens is 4. The Morgan fingerprint density at radius 1 is 1.09 bits per heavy atom. The number of carbonyl (C=O) groups is 2. The van der Waals surface area contributed by atoms with Crippen LogP contribution in [0.3, 0.4) is 0 Å². The molecule has 2 amide bonds. The number of fused-ring (bicyclic) bond motifs is 1. The topological polar surface area (TPSA) is 131 Å². The molecule has 0 bridgehead atoms. The lowest BCUT2D eigenvalue weighted by Gasteiger charge is -2.25. The summed E-state index contributed by atoms with van der Waals surface area (Å²) < 4.78 is 1.57. The summed E-state index contributed by atoms with van der Waals surface area (Å²) in [6.07, 6.45) is 2.19. The number of rotatable bonds is 9. The van der Waals surface area contributed by atoms with Crippen LogP contribution >= 0.6 is 0 Å². The van der Waals surface area contributed by atoms with E-state index in [0.29, 0.717) is 29.1 Å². The lowest BCUT2D eigenvalue weighted by molar-refractivity contribution is -0.120. The fraction of sp³-hybridized carbons (Fsp3) is 0.391. The van der Waals surface area contributed by atoms with E-state index in [9.17, 15) is 14.4 Å². The van der Waals surface area contributed by atoms with Crippen molar-refractivity contribution in [2.45, 2.75) is 39.7 Å². The zero-order chi connectivity index (χ0) is 24.0. The fourth-order valence-electron chi connectivity index (χ4n) is 3.50. The maximum Gasteiger partial charge on any atom is 0.295 e. The number of nitrogens with one attached hydrogen (secondary N) is 3. The maximum absolute atomic E-state index is 13.6. The van der Waals surface area contributed by atoms with Gasteiger partial charge in [0.15, 0.2) is 11.5 Å². The Morgan fingerprint density at radius 2 is 1.88 bits per heavy atom. The Balaban J connectivity index is 2.19. The van der Waals surface area contributed by atoms with E-state index < -0.39 is 6.04 Å². The van der Waals surface area contributed by atoms with Gasteiger partial charge in [-0.3, -0.25) is 23.9 Å². The van der Waals surface area contributed by atoms with E-state index in [4.69, 9.17) is 0 Å². The van der Waals surface area contributed by atoms with Crippen molar-refractivity contribution in [1.82, 2.24) is 24.8 Å². The molecule has 0 aliphatic rings. The van der Waals surface area contributed by atoms with E-state index in [1.165, 1.54) is 0 Å². The maximum atomic E-state index is 13.6. The van der Waals surface area contributed by atoms with Crippen LogP contribution in [0.4, 0.5) is 11.6 Å². The zero-order valence-electron chi connectivity index (χ0n) is 19.3. The molecule has 0 fully saturated rings. The van der Waals surface area contributed by atoms with E-state index in [0.717, 1.165) is 0 Å². The highest BCUT2D eigenvalue weighted by Crippen LogP contribution is 2.27. The molecule has 0 aliphatic carbocycles. The van der Waals surface area contributed by atoms with Gasteiger partial charge in [-0.1, -0.05) is 26.8 Å². The van der Waals surface area contributed by atoms with Crippen molar-refractivity contribution < 1.29 is 9.59 Å². The van der Waals surface area contributed by atoms with Crippen molar-refractivity contribution >= 4 is 34.6 Å². The predicted molar refractivity (Wildman–Crippen MR) is 127 cm³/mol. The second kappa shape index (κ2) is 10.7. The molecule has 3 rings (SSSR count). The Kier molecular flexibility index (Phi) is 7.70.